The number of hydrogen-bond donors (Lipinski definition) is 0. The van der Waals surface area contributed by atoms with Gasteiger partial charge in [-0.15, -0.1) is 0 Å². The maximum atomic E-state index is 13.0. The molecule has 0 radical (unpaired) electrons. The van der Waals surface area contributed by atoms with Crippen LogP contribution in [-0.2, 0) is 6.42 Å². The van der Waals surface area contributed by atoms with Crippen molar-refractivity contribution in [3.8, 4) is 6.07 Å². The van der Waals surface area contributed by atoms with Crippen molar-refractivity contribution in [1.82, 2.24) is 4.90 Å². The number of hydrogen-bond acceptors (Lipinski definition) is 2. The van der Waals surface area contributed by atoms with Gasteiger partial charge >= 0.3 is 0 Å². The lowest BCUT2D eigenvalue weighted by atomic mass is 10.0. The van der Waals surface area contributed by atoms with Gasteiger partial charge < -0.3 is 4.90 Å². The van der Waals surface area contributed by atoms with Gasteiger partial charge in [-0.25, -0.2) is 4.39 Å². The van der Waals surface area contributed by atoms with Crippen molar-refractivity contribution in [2.24, 2.45) is 0 Å². The van der Waals surface area contributed by atoms with Crippen LogP contribution in [0.5, 0.6) is 0 Å². The Balaban J connectivity index is 1.72. The molecule has 1 fully saturated rings. The van der Waals surface area contributed by atoms with Crippen LogP contribution in [0.4, 0.5) is 4.39 Å². The molecule has 0 saturated carbocycles. The van der Waals surface area contributed by atoms with E-state index in [0.29, 0.717) is 11.1 Å². The van der Waals surface area contributed by atoms with Crippen molar-refractivity contribution in [1.29, 1.82) is 5.26 Å². The molecule has 3 rings (SSSR count). The van der Waals surface area contributed by atoms with Crippen molar-refractivity contribution in [2.75, 3.05) is 0 Å². The molecule has 128 valence electrons. The number of halogens is 1. The molecule has 25 heavy (non-hydrogen) atoms. The van der Waals surface area contributed by atoms with E-state index >= 15 is 0 Å². The van der Waals surface area contributed by atoms with Crippen molar-refractivity contribution < 1.29 is 9.18 Å². The first kappa shape index (κ1) is 17.2. The Morgan fingerprint density at radius 1 is 1.24 bits per heavy atom. The van der Waals surface area contributed by atoms with Gasteiger partial charge in [0, 0.05) is 17.6 Å². The van der Waals surface area contributed by atoms with Crippen LogP contribution in [0, 0.1) is 17.1 Å². The molecule has 0 spiro atoms. The van der Waals surface area contributed by atoms with Gasteiger partial charge in [0.05, 0.1) is 11.6 Å². The molecule has 0 N–H and O–H groups in total. The predicted molar refractivity (Wildman–Crippen MR) is 94.5 cm³/mol. The lowest BCUT2D eigenvalue weighted by Gasteiger charge is -2.29. The van der Waals surface area contributed by atoms with Crippen molar-refractivity contribution in [3.05, 3.63) is 71.0 Å². The van der Waals surface area contributed by atoms with Crippen LogP contribution in [0.1, 0.15) is 47.7 Å². The summed E-state index contributed by atoms with van der Waals surface area (Å²) < 4.78 is 13.0. The van der Waals surface area contributed by atoms with Crippen molar-refractivity contribution in [2.45, 2.75) is 44.7 Å². The summed E-state index contributed by atoms with van der Waals surface area (Å²) in [5.41, 5.74) is 2.15. The van der Waals surface area contributed by atoms with Crippen LogP contribution in [0.2, 0.25) is 0 Å². The van der Waals surface area contributed by atoms with Gasteiger partial charge in [-0.05, 0) is 68.5 Å². The molecule has 2 aromatic rings. The van der Waals surface area contributed by atoms with Crippen LogP contribution in [-0.4, -0.2) is 22.9 Å². The fraction of sp³-hybridized carbons (Fsp3) is 0.333. The van der Waals surface area contributed by atoms with E-state index in [4.69, 9.17) is 5.26 Å². The van der Waals surface area contributed by atoms with E-state index in [0.717, 1.165) is 31.2 Å². The SMILES string of the molecule is C[C@@H]1CC[C@H](CCc2ccc(F)cc2)N1C(=O)c1cccc(C#N)c1. The maximum Gasteiger partial charge on any atom is 0.254 e. The standard InChI is InChI=1S/C21H21FN2O/c1-15-5-11-20(12-8-16-6-9-19(22)10-7-16)24(15)21(25)18-4-2-3-17(13-18)14-23/h2-4,6-7,9-10,13,15,20H,5,8,11-12H2,1H3/t15-,20-/m1/s1. The van der Waals surface area contributed by atoms with Crippen LogP contribution in [0.3, 0.4) is 0 Å². The van der Waals surface area contributed by atoms with Crippen molar-refractivity contribution >= 4 is 5.91 Å². The molecule has 0 unspecified atom stereocenters. The number of rotatable bonds is 4. The van der Waals surface area contributed by atoms with Crippen LogP contribution >= 0.6 is 0 Å². The minimum absolute atomic E-state index is 0.00814. The molecule has 1 aliphatic rings. The Hall–Kier alpha value is -2.67. The molecule has 0 aliphatic carbocycles. The highest BCUT2D eigenvalue weighted by molar-refractivity contribution is 5.95. The summed E-state index contributed by atoms with van der Waals surface area (Å²) in [6, 6.07) is 15.9. The Morgan fingerprint density at radius 3 is 2.72 bits per heavy atom. The first-order chi connectivity index (χ1) is 12.1. The lowest BCUT2D eigenvalue weighted by Crippen LogP contribution is -2.40. The summed E-state index contributed by atoms with van der Waals surface area (Å²) in [4.78, 5) is 14.9. The number of nitrogens with zero attached hydrogens (tertiary/aromatic N) is 2. The van der Waals surface area contributed by atoms with Gasteiger partial charge in [-0.2, -0.15) is 5.26 Å². The smallest absolute Gasteiger partial charge is 0.254 e. The van der Waals surface area contributed by atoms with E-state index in [1.54, 1.807) is 36.4 Å². The molecule has 0 bridgehead atoms. The van der Waals surface area contributed by atoms with Crippen molar-refractivity contribution in [3.63, 3.8) is 0 Å². The van der Waals surface area contributed by atoms with E-state index in [2.05, 4.69) is 13.0 Å². The first-order valence-corrected chi connectivity index (χ1v) is 8.66. The Labute approximate surface area is 147 Å². The normalized spacial score (nSPS) is 19.6. The van der Waals surface area contributed by atoms with E-state index in [1.165, 1.54) is 12.1 Å². The summed E-state index contributed by atoms with van der Waals surface area (Å²) in [7, 11) is 0. The number of nitriles is 1. The Bertz CT molecular complexity index is 794. The molecule has 4 heteroatoms. The number of likely N-dealkylation sites (tertiary alicyclic amines) is 1. The number of aryl methyl sites for hydroxylation is 1. The van der Waals surface area contributed by atoms with Gasteiger partial charge in [0.15, 0.2) is 0 Å². The van der Waals surface area contributed by atoms with Crippen LogP contribution < -0.4 is 0 Å². The topological polar surface area (TPSA) is 44.1 Å². The van der Waals surface area contributed by atoms with Crippen LogP contribution in [0.15, 0.2) is 48.5 Å². The molecule has 1 amide bonds. The Kier molecular flexibility index (Phi) is 5.14. The number of carbonyl (C=O) groups excluding carboxylic acids is 1. The van der Waals surface area contributed by atoms with E-state index in [-0.39, 0.29) is 23.8 Å². The molecular formula is C21H21FN2O. The minimum atomic E-state index is -0.229. The monoisotopic (exact) mass is 336 g/mol. The zero-order chi connectivity index (χ0) is 17.8. The minimum Gasteiger partial charge on any atom is -0.333 e. The molecule has 3 nitrogen and oxygen atoms in total. The molecule has 2 atom stereocenters. The predicted octanol–water partition coefficient (Wildman–Crippen LogP) is 4.32. The second-order valence-electron chi connectivity index (χ2n) is 6.65. The summed E-state index contributed by atoms with van der Waals surface area (Å²) in [5, 5.41) is 9.04. The number of carbonyl (C=O) groups is 1. The largest absolute Gasteiger partial charge is 0.333 e. The van der Waals surface area contributed by atoms with Crippen LogP contribution in [0.25, 0.3) is 0 Å². The van der Waals surface area contributed by atoms with Gasteiger partial charge in [0.1, 0.15) is 5.82 Å². The highest BCUT2D eigenvalue weighted by atomic mass is 19.1. The number of amides is 1. The van der Waals surface area contributed by atoms with Gasteiger partial charge in [-0.1, -0.05) is 18.2 Å². The lowest BCUT2D eigenvalue weighted by molar-refractivity contribution is 0.0672. The van der Waals surface area contributed by atoms with Gasteiger partial charge in [-0.3, -0.25) is 4.79 Å². The molecule has 2 aromatic carbocycles. The summed E-state index contributed by atoms with van der Waals surface area (Å²) in [6.07, 6.45) is 3.64. The Morgan fingerprint density at radius 2 is 2.00 bits per heavy atom. The number of benzene rings is 2. The zero-order valence-corrected chi connectivity index (χ0v) is 14.3. The quantitative estimate of drug-likeness (QED) is 0.834. The van der Waals surface area contributed by atoms with Gasteiger partial charge in [0.25, 0.3) is 5.91 Å². The summed E-state index contributed by atoms with van der Waals surface area (Å²) >= 11 is 0. The zero-order valence-electron chi connectivity index (χ0n) is 14.3. The average Bonchev–Trinajstić information content (AvgIpc) is 3.01. The average molecular weight is 336 g/mol. The summed E-state index contributed by atoms with van der Waals surface area (Å²) in [6.45, 7) is 2.07. The molecule has 0 aromatic heterocycles. The van der Waals surface area contributed by atoms with E-state index < -0.39 is 0 Å². The maximum absolute atomic E-state index is 13.0. The second-order valence-corrected chi connectivity index (χ2v) is 6.65. The fourth-order valence-electron chi connectivity index (χ4n) is 3.58. The molecular weight excluding hydrogens is 315 g/mol. The first-order valence-electron chi connectivity index (χ1n) is 8.66. The molecule has 1 aliphatic heterocycles. The fourth-order valence-corrected chi connectivity index (χ4v) is 3.58. The third-order valence-electron chi connectivity index (χ3n) is 4.94. The second kappa shape index (κ2) is 7.48. The highest BCUT2D eigenvalue weighted by Crippen LogP contribution is 2.29. The highest BCUT2D eigenvalue weighted by Gasteiger charge is 2.34. The van der Waals surface area contributed by atoms with Gasteiger partial charge in [0.2, 0.25) is 0 Å². The molecule has 1 saturated heterocycles. The molecule has 1 heterocycles. The third kappa shape index (κ3) is 3.88. The van der Waals surface area contributed by atoms with E-state index in [9.17, 15) is 9.18 Å². The summed E-state index contributed by atoms with van der Waals surface area (Å²) in [5.74, 6) is -0.237. The third-order valence-corrected chi connectivity index (χ3v) is 4.94. The van der Waals surface area contributed by atoms with E-state index in [1.807, 2.05) is 4.90 Å².